The van der Waals surface area contributed by atoms with Gasteiger partial charge in [0.1, 0.15) is 0 Å². The summed E-state index contributed by atoms with van der Waals surface area (Å²) in [7, 11) is 0. The van der Waals surface area contributed by atoms with Crippen molar-refractivity contribution in [2.45, 2.75) is 54.9 Å². The Kier molecular flexibility index (Phi) is 24.3. The van der Waals surface area contributed by atoms with Crippen molar-refractivity contribution in [3.05, 3.63) is 23.4 Å². The molecular formula is C12H27N. The fourth-order valence-electron chi connectivity index (χ4n) is 0.639. The minimum atomic E-state index is 1.02. The normalized spacial score (nSPS) is 8.69. The van der Waals surface area contributed by atoms with E-state index in [1.54, 1.807) is 6.20 Å². The van der Waals surface area contributed by atoms with E-state index in [2.05, 4.69) is 26.8 Å². The molecule has 0 aliphatic rings. The molecule has 0 aromatic carbocycles. The van der Waals surface area contributed by atoms with E-state index < -0.39 is 0 Å². The summed E-state index contributed by atoms with van der Waals surface area (Å²) in [6.07, 6.45) is 4.77. The first kappa shape index (κ1) is 18.1. The molecule has 0 rings (SSSR count). The maximum absolute atomic E-state index is 5.32. The molecule has 1 heteroatoms. The third-order valence-electron chi connectivity index (χ3n) is 1.10. The zero-order valence-electron chi connectivity index (χ0n) is 10.4. The molecule has 0 fully saturated rings. The van der Waals surface area contributed by atoms with Crippen LogP contribution in [0.25, 0.3) is 0 Å². The summed E-state index contributed by atoms with van der Waals surface area (Å²) >= 11 is 0. The van der Waals surface area contributed by atoms with Gasteiger partial charge >= 0.3 is 0 Å². The lowest BCUT2D eigenvalue weighted by Crippen LogP contribution is -1.84. The van der Waals surface area contributed by atoms with E-state index in [1.165, 1.54) is 11.1 Å². The fraction of sp³-hybridized carbons (Fsp3) is 0.667. The molecule has 0 atom stereocenters. The number of rotatable bonds is 2. The van der Waals surface area contributed by atoms with Gasteiger partial charge in [-0.2, -0.15) is 0 Å². The topological polar surface area (TPSA) is 26.0 Å². The lowest BCUT2D eigenvalue weighted by Gasteiger charge is -1.94. The maximum atomic E-state index is 5.32. The highest BCUT2D eigenvalue weighted by Crippen LogP contribution is 2.03. The molecule has 2 N–H and O–H groups in total. The Balaban J connectivity index is -0.000000218. The second-order valence-electron chi connectivity index (χ2n) is 2.32. The van der Waals surface area contributed by atoms with Crippen LogP contribution in [0.5, 0.6) is 0 Å². The summed E-state index contributed by atoms with van der Waals surface area (Å²) in [4.78, 5) is 0. The van der Waals surface area contributed by atoms with Gasteiger partial charge in [-0.1, -0.05) is 46.3 Å². The van der Waals surface area contributed by atoms with Gasteiger partial charge in [-0.25, -0.2) is 0 Å². The molecular weight excluding hydrogens is 158 g/mol. The van der Waals surface area contributed by atoms with Crippen molar-refractivity contribution >= 4 is 0 Å². The van der Waals surface area contributed by atoms with Crippen LogP contribution in [0.3, 0.4) is 0 Å². The lowest BCUT2D eigenvalue weighted by molar-refractivity contribution is 1.12. The first-order chi connectivity index (χ1) is 6.20. The van der Waals surface area contributed by atoms with Gasteiger partial charge in [0.15, 0.2) is 0 Å². The van der Waals surface area contributed by atoms with E-state index >= 15 is 0 Å². The van der Waals surface area contributed by atoms with Crippen LogP contribution in [0.2, 0.25) is 0 Å². The maximum Gasteiger partial charge on any atom is -0.00298 e. The first-order valence-electron chi connectivity index (χ1n) is 5.26. The van der Waals surface area contributed by atoms with Crippen LogP contribution in [-0.4, -0.2) is 0 Å². The number of nitrogens with two attached hydrogens (primary N) is 1. The molecule has 0 bridgehead atoms. The largest absolute Gasteiger partial charge is 0.404 e. The monoisotopic (exact) mass is 185 g/mol. The first-order valence-corrected chi connectivity index (χ1v) is 5.26. The molecule has 0 unspecified atom stereocenters. The minimum Gasteiger partial charge on any atom is -0.404 e. The smallest absolute Gasteiger partial charge is 0.00298 e. The summed E-state index contributed by atoms with van der Waals surface area (Å²) in [6.45, 7) is 14.2. The third-order valence-corrected chi connectivity index (χ3v) is 1.10. The SMILES string of the molecule is CC.CC.CC/C(C=C(C)C)=C/N. The van der Waals surface area contributed by atoms with Gasteiger partial charge < -0.3 is 5.73 Å². The second kappa shape index (κ2) is 17.4. The van der Waals surface area contributed by atoms with Crippen molar-refractivity contribution in [2.75, 3.05) is 0 Å². The van der Waals surface area contributed by atoms with Crippen molar-refractivity contribution < 1.29 is 0 Å². The molecule has 1 nitrogen and oxygen atoms in total. The van der Waals surface area contributed by atoms with Crippen molar-refractivity contribution in [1.82, 2.24) is 0 Å². The predicted octanol–water partition coefficient (Wildman–Crippen LogP) is 4.26. The van der Waals surface area contributed by atoms with Gasteiger partial charge in [0.2, 0.25) is 0 Å². The van der Waals surface area contributed by atoms with E-state index in [0.717, 1.165) is 6.42 Å². The Morgan fingerprint density at radius 1 is 1.08 bits per heavy atom. The summed E-state index contributed by atoms with van der Waals surface area (Å²) in [5.41, 5.74) is 7.83. The van der Waals surface area contributed by atoms with Gasteiger partial charge in [0.05, 0.1) is 0 Å². The van der Waals surface area contributed by atoms with Crippen molar-refractivity contribution in [2.24, 2.45) is 5.73 Å². The molecule has 0 amide bonds. The quantitative estimate of drug-likeness (QED) is 0.639. The van der Waals surface area contributed by atoms with Crippen LogP contribution in [0.15, 0.2) is 23.4 Å². The van der Waals surface area contributed by atoms with Crippen LogP contribution in [-0.2, 0) is 0 Å². The number of hydrogen-bond donors (Lipinski definition) is 1. The molecule has 13 heavy (non-hydrogen) atoms. The zero-order chi connectivity index (χ0) is 11.3. The minimum absolute atomic E-state index is 1.02. The summed E-state index contributed by atoms with van der Waals surface area (Å²) in [5, 5.41) is 0. The van der Waals surface area contributed by atoms with Crippen molar-refractivity contribution in [3.8, 4) is 0 Å². The Labute approximate surface area is 84.7 Å². The van der Waals surface area contributed by atoms with E-state index in [4.69, 9.17) is 5.73 Å². The van der Waals surface area contributed by atoms with E-state index in [-0.39, 0.29) is 0 Å². The Morgan fingerprint density at radius 3 is 1.54 bits per heavy atom. The van der Waals surface area contributed by atoms with Crippen molar-refractivity contribution in [1.29, 1.82) is 0 Å². The fourth-order valence-corrected chi connectivity index (χ4v) is 0.639. The van der Waals surface area contributed by atoms with Gasteiger partial charge in [0.25, 0.3) is 0 Å². The molecule has 0 saturated carbocycles. The molecule has 0 heterocycles. The molecule has 0 aliphatic carbocycles. The molecule has 0 aromatic heterocycles. The molecule has 0 aromatic rings. The molecule has 0 radical (unpaired) electrons. The van der Waals surface area contributed by atoms with Gasteiger partial charge in [0, 0.05) is 0 Å². The average Bonchev–Trinajstić information content (AvgIpc) is 2.20. The highest BCUT2D eigenvalue weighted by molar-refractivity contribution is 5.20. The van der Waals surface area contributed by atoms with Crippen molar-refractivity contribution in [3.63, 3.8) is 0 Å². The number of hydrogen-bond acceptors (Lipinski definition) is 1. The van der Waals surface area contributed by atoms with E-state index in [1.807, 2.05) is 27.7 Å². The van der Waals surface area contributed by atoms with Gasteiger partial charge in [-0.05, 0) is 32.0 Å². The summed E-state index contributed by atoms with van der Waals surface area (Å²) < 4.78 is 0. The van der Waals surface area contributed by atoms with Crippen LogP contribution >= 0.6 is 0 Å². The molecule has 0 aliphatic heterocycles. The van der Waals surface area contributed by atoms with Crippen LogP contribution in [0, 0.1) is 0 Å². The summed E-state index contributed by atoms with van der Waals surface area (Å²) in [5.74, 6) is 0. The lowest BCUT2D eigenvalue weighted by atomic mass is 10.1. The van der Waals surface area contributed by atoms with Gasteiger partial charge in [-0.3, -0.25) is 0 Å². The number of allylic oxidation sites excluding steroid dienone is 3. The predicted molar refractivity (Wildman–Crippen MR) is 64.7 cm³/mol. The molecule has 0 spiro atoms. The van der Waals surface area contributed by atoms with Gasteiger partial charge in [-0.15, -0.1) is 0 Å². The van der Waals surface area contributed by atoms with Crippen LogP contribution in [0.1, 0.15) is 54.9 Å². The summed E-state index contributed by atoms with van der Waals surface area (Å²) in [6, 6.07) is 0. The van der Waals surface area contributed by atoms with E-state index in [0.29, 0.717) is 0 Å². The average molecular weight is 185 g/mol. The standard InChI is InChI=1S/C8H15N.2C2H6/c1-4-8(6-9)5-7(2)3;2*1-2/h5-6H,4,9H2,1-3H3;2*1-2H3/b8-6-;;. The highest BCUT2D eigenvalue weighted by Gasteiger charge is 1.84. The van der Waals surface area contributed by atoms with Crippen LogP contribution < -0.4 is 5.73 Å². The Bertz CT molecular complexity index is 128. The zero-order valence-corrected chi connectivity index (χ0v) is 10.4. The molecule has 0 saturated heterocycles. The Morgan fingerprint density at radius 2 is 1.46 bits per heavy atom. The highest BCUT2D eigenvalue weighted by atomic mass is 14.5. The Hall–Kier alpha value is -0.720. The third kappa shape index (κ3) is 18.3. The second-order valence-corrected chi connectivity index (χ2v) is 2.32. The molecule has 80 valence electrons. The van der Waals surface area contributed by atoms with E-state index in [9.17, 15) is 0 Å². The van der Waals surface area contributed by atoms with Crippen LogP contribution in [0.4, 0.5) is 0 Å².